The van der Waals surface area contributed by atoms with Gasteiger partial charge in [-0.1, -0.05) is 6.07 Å². The van der Waals surface area contributed by atoms with Gasteiger partial charge < -0.3 is 9.40 Å². The molecular formula is C14H12N2O3. The molecule has 0 saturated heterocycles. The topological polar surface area (TPSA) is 68.0 Å². The first kappa shape index (κ1) is 11.5. The van der Waals surface area contributed by atoms with E-state index in [9.17, 15) is 9.59 Å². The molecule has 19 heavy (non-hydrogen) atoms. The molecule has 3 rings (SSSR count). The van der Waals surface area contributed by atoms with E-state index in [-0.39, 0.29) is 12.1 Å². The Kier molecular flexibility index (Phi) is 2.59. The van der Waals surface area contributed by atoms with Gasteiger partial charge in [-0.15, -0.1) is 0 Å². The fraction of sp³-hybridized carbons (Fsp3) is 0.143. The molecular weight excluding hydrogens is 244 g/mol. The second kappa shape index (κ2) is 4.28. The highest BCUT2D eigenvalue weighted by Gasteiger charge is 2.09. The lowest BCUT2D eigenvalue weighted by molar-refractivity contribution is 0.485. The van der Waals surface area contributed by atoms with E-state index in [0.29, 0.717) is 16.7 Å². The van der Waals surface area contributed by atoms with Crippen molar-refractivity contribution in [1.29, 1.82) is 0 Å². The van der Waals surface area contributed by atoms with E-state index in [1.54, 1.807) is 24.3 Å². The lowest BCUT2D eigenvalue weighted by Crippen LogP contribution is -2.35. The molecule has 0 aliphatic rings. The summed E-state index contributed by atoms with van der Waals surface area (Å²) in [5.74, 6) is 0.569. The molecule has 0 saturated carbocycles. The number of furan rings is 1. The van der Waals surface area contributed by atoms with Crippen LogP contribution in [0, 0.1) is 6.92 Å². The summed E-state index contributed by atoms with van der Waals surface area (Å²) in [6.07, 6.45) is 1.51. The van der Waals surface area contributed by atoms with Crippen LogP contribution in [0.2, 0.25) is 0 Å². The van der Waals surface area contributed by atoms with Gasteiger partial charge in [0.2, 0.25) is 0 Å². The summed E-state index contributed by atoms with van der Waals surface area (Å²) >= 11 is 0. The zero-order valence-electron chi connectivity index (χ0n) is 10.3. The van der Waals surface area contributed by atoms with Crippen LogP contribution in [0.1, 0.15) is 11.3 Å². The van der Waals surface area contributed by atoms with Crippen LogP contribution in [0.25, 0.3) is 10.9 Å². The third-order valence-corrected chi connectivity index (χ3v) is 3.03. The second-order valence-corrected chi connectivity index (χ2v) is 4.45. The number of H-pyrrole nitrogens is 1. The minimum atomic E-state index is -0.431. The summed E-state index contributed by atoms with van der Waals surface area (Å²) in [4.78, 5) is 27.0. The molecule has 3 aromatic rings. The van der Waals surface area contributed by atoms with Gasteiger partial charge in [-0.2, -0.15) is 0 Å². The third-order valence-electron chi connectivity index (χ3n) is 3.03. The van der Waals surface area contributed by atoms with Crippen molar-refractivity contribution in [1.82, 2.24) is 9.55 Å². The largest absolute Gasteiger partial charge is 0.467 e. The Balaban J connectivity index is 2.23. The Bertz CT molecular complexity index is 841. The van der Waals surface area contributed by atoms with Crippen LogP contribution in [0.3, 0.4) is 0 Å². The average Bonchev–Trinajstić information content (AvgIpc) is 2.87. The molecule has 1 aromatic carbocycles. The van der Waals surface area contributed by atoms with Crippen molar-refractivity contribution in [2.75, 3.05) is 0 Å². The van der Waals surface area contributed by atoms with E-state index in [0.717, 1.165) is 10.1 Å². The molecule has 1 N–H and O–H groups in total. The van der Waals surface area contributed by atoms with Gasteiger partial charge >= 0.3 is 5.69 Å². The van der Waals surface area contributed by atoms with Crippen LogP contribution in [-0.4, -0.2) is 9.55 Å². The molecule has 0 fully saturated rings. The highest BCUT2D eigenvalue weighted by molar-refractivity contribution is 5.77. The fourth-order valence-electron chi connectivity index (χ4n) is 2.07. The Labute approximate surface area is 108 Å². The molecule has 0 aliphatic carbocycles. The van der Waals surface area contributed by atoms with Crippen molar-refractivity contribution < 1.29 is 4.42 Å². The number of nitrogens with zero attached hydrogens (tertiary/aromatic N) is 1. The zero-order valence-corrected chi connectivity index (χ0v) is 10.3. The number of rotatable bonds is 2. The third kappa shape index (κ3) is 1.99. The highest BCUT2D eigenvalue weighted by atomic mass is 16.3. The molecule has 5 heteroatoms. The van der Waals surface area contributed by atoms with Crippen molar-refractivity contribution in [3.63, 3.8) is 0 Å². The Morgan fingerprint density at radius 2 is 2.11 bits per heavy atom. The van der Waals surface area contributed by atoms with Gasteiger partial charge in [0.1, 0.15) is 5.76 Å². The summed E-state index contributed by atoms with van der Waals surface area (Å²) in [5.41, 5.74) is 0.812. The second-order valence-electron chi connectivity index (χ2n) is 4.45. The number of aryl methyl sites for hydroxylation is 1. The van der Waals surface area contributed by atoms with Crippen LogP contribution < -0.4 is 11.2 Å². The Hall–Kier alpha value is -2.56. The minimum Gasteiger partial charge on any atom is -0.467 e. The first-order valence-electron chi connectivity index (χ1n) is 5.91. The molecule has 0 atom stereocenters. The Morgan fingerprint density at radius 3 is 2.84 bits per heavy atom. The van der Waals surface area contributed by atoms with Crippen LogP contribution in [-0.2, 0) is 6.54 Å². The van der Waals surface area contributed by atoms with Crippen molar-refractivity contribution in [3.8, 4) is 0 Å². The normalized spacial score (nSPS) is 11.0. The van der Waals surface area contributed by atoms with E-state index in [4.69, 9.17) is 4.42 Å². The van der Waals surface area contributed by atoms with Crippen LogP contribution in [0.4, 0.5) is 0 Å². The molecule has 96 valence electrons. The first-order valence-corrected chi connectivity index (χ1v) is 5.91. The maximum Gasteiger partial charge on any atom is 0.329 e. The zero-order chi connectivity index (χ0) is 13.4. The van der Waals surface area contributed by atoms with Gasteiger partial charge in [0, 0.05) is 0 Å². The molecule has 5 nitrogen and oxygen atoms in total. The predicted octanol–water partition coefficient (Wildman–Crippen LogP) is 1.64. The predicted molar refractivity (Wildman–Crippen MR) is 71.4 cm³/mol. The van der Waals surface area contributed by atoms with E-state index in [1.165, 1.54) is 6.26 Å². The number of aromatic nitrogens is 2. The molecule has 0 bridgehead atoms. The van der Waals surface area contributed by atoms with E-state index in [2.05, 4.69) is 4.98 Å². The summed E-state index contributed by atoms with van der Waals surface area (Å²) < 4.78 is 6.30. The van der Waals surface area contributed by atoms with Crippen LogP contribution in [0.15, 0.2) is 50.6 Å². The number of benzene rings is 1. The monoisotopic (exact) mass is 256 g/mol. The standard InChI is InChI=1S/C14H12N2O3/c1-9-4-5-11-12(7-9)15-14(18)16(13(11)17)8-10-3-2-6-19-10/h2-7H,8H2,1H3,(H,15,18). The van der Waals surface area contributed by atoms with Gasteiger partial charge in [-0.25, -0.2) is 4.79 Å². The lowest BCUT2D eigenvalue weighted by atomic mass is 10.2. The minimum absolute atomic E-state index is 0.130. The highest BCUT2D eigenvalue weighted by Crippen LogP contribution is 2.08. The van der Waals surface area contributed by atoms with Gasteiger partial charge in [-0.3, -0.25) is 9.36 Å². The van der Waals surface area contributed by atoms with Gasteiger partial charge in [0.25, 0.3) is 5.56 Å². The first-order chi connectivity index (χ1) is 9.15. The SMILES string of the molecule is Cc1ccc2c(=O)n(Cc3ccco3)c(=O)[nH]c2c1. The smallest absolute Gasteiger partial charge is 0.329 e. The fourth-order valence-corrected chi connectivity index (χ4v) is 2.07. The Morgan fingerprint density at radius 1 is 1.26 bits per heavy atom. The number of aromatic amines is 1. The number of hydrogen-bond acceptors (Lipinski definition) is 3. The van der Waals surface area contributed by atoms with E-state index in [1.807, 2.05) is 13.0 Å². The van der Waals surface area contributed by atoms with Crippen LogP contribution >= 0.6 is 0 Å². The summed E-state index contributed by atoms with van der Waals surface area (Å²) in [6, 6.07) is 8.81. The van der Waals surface area contributed by atoms with Gasteiger partial charge in [0.15, 0.2) is 0 Å². The number of hydrogen-bond donors (Lipinski definition) is 1. The van der Waals surface area contributed by atoms with Crippen LogP contribution in [0.5, 0.6) is 0 Å². The molecule has 2 aromatic heterocycles. The molecule has 0 amide bonds. The summed E-state index contributed by atoms with van der Waals surface area (Å²) in [7, 11) is 0. The summed E-state index contributed by atoms with van der Waals surface area (Å²) in [6.45, 7) is 2.04. The van der Waals surface area contributed by atoms with Crippen molar-refractivity contribution in [3.05, 3.63) is 68.8 Å². The molecule has 0 unspecified atom stereocenters. The average molecular weight is 256 g/mol. The maximum absolute atomic E-state index is 12.3. The van der Waals surface area contributed by atoms with Crippen molar-refractivity contribution in [2.24, 2.45) is 0 Å². The summed E-state index contributed by atoms with van der Waals surface area (Å²) in [5, 5.41) is 0.497. The van der Waals surface area contributed by atoms with E-state index < -0.39 is 5.69 Å². The number of fused-ring (bicyclic) bond motifs is 1. The lowest BCUT2D eigenvalue weighted by Gasteiger charge is -2.05. The molecule has 0 aliphatic heterocycles. The quantitative estimate of drug-likeness (QED) is 0.757. The van der Waals surface area contributed by atoms with Crippen molar-refractivity contribution >= 4 is 10.9 Å². The molecule has 2 heterocycles. The van der Waals surface area contributed by atoms with Gasteiger partial charge in [0.05, 0.1) is 23.7 Å². The molecule has 0 spiro atoms. The van der Waals surface area contributed by atoms with Gasteiger partial charge in [-0.05, 0) is 36.8 Å². The maximum atomic E-state index is 12.3. The molecule has 0 radical (unpaired) electrons. The number of nitrogens with one attached hydrogen (secondary N) is 1. The van der Waals surface area contributed by atoms with Crippen molar-refractivity contribution in [2.45, 2.75) is 13.5 Å². The van der Waals surface area contributed by atoms with E-state index >= 15 is 0 Å².